The number of benzene rings is 2. The summed E-state index contributed by atoms with van der Waals surface area (Å²) >= 11 is 0. The second-order valence-corrected chi connectivity index (χ2v) is 5.20. The Morgan fingerprint density at radius 3 is 2.16 bits per heavy atom. The van der Waals surface area contributed by atoms with E-state index in [1.165, 1.54) is 11.1 Å². The third kappa shape index (κ3) is 3.66. The van der Waals surface area contributed by atoms with Gasteiger partial charge in [-0.2, -0.15) is 0 Å². The minimum atomic E-state index is -0.566. The van der Waals surface area contributed by atoms with Crippen molar-refractivity contribution in [3.05, 3.63) is 70.8 Å². The molecule has 2 rings (SSSR count). The molecule has 0 aliphatic heterocycles. The lowest BCUT2D eigenvalue weighted by Crippen LogP contribution is -2.28. The molecule has 0 spiro atoms. The highest BCUT2D eigenvalue weighted by molar-refractivity contribution is 5.31. The summed E-state index contributed by atoms with van der Waals surface area (Å²) in [6.45, 7) is 4.10. The van der Waals surface area contributed by atoms with Gasteiger partial charge in [0, 0.05) is 6.42 Å². The molecule has 0 saturated heterocycles. The minimum Gasteiger partial charge on any atom is -0.391 e. The molecule has 0 aromatic heterocycles. The van der Waals surface area contributed by atoms with Crippen molar-refractivity contribution in [2.45, 2.75) is 32.4 Å². The highest BCUT2D eigenvalue weighted by Gasteiger charge is 2.17. The molecule has 0 amide bonds. The van der Waals surface area contributed by atoms with Gasteiger partial charge in [0.2, 0.25) is 0 Å². The lowest BCUT2D eigenvalue weighted by molar-refractivity contribution is 0.145. The van der Waals surface area contributed by atoms with Gasteiger partial charge in [0.1, 0.15) is 0 Å². The summed E-state index contributed by atoms with van der Waals surface area (Å²) in [5.74, 6) is 0. The highest BCUT2D eigenvalue weighted by Crippen LogP contribution is 2.20. The minimum absolute atomic E-state index is 0.348. The molecule has 0 aliphatic rings. The van der Waals surface area contributed by atoms with Gasteiger partial charge in [-0.15, -0.1) is 0 Å². The van der Waals surface area contributed by atoms with Crippen LogP contribution in [0.2, 0.25) is 0 Å². The van der Waals surface area contributed by atoms with Crippen LogP contribution in [0.15, 0.2) is 48.5 Å². The molecule has 2 nitrogen and oxygen atoms in total. The molecule has 0 aliphatic carbocycles. The van der Waals surface area contributed by atoms with Gasteiger partial charge in [0.25, 0.3) is 0 Å². The number of aliphatic hydroxyl groups is 1. The maximum atomic E-state index is 10.3. The summed E-state index contributed by atoms with van der Waals surface area (Å²) in [6.07, 6.45) is 0.0123. The molecule has 0 fully saturated rings. The van der Waals surface area contributed by atoms with E-state index in [9.17, 15) is 5.11 Å². The van der Waals surface area contributed by atoms with E-state index in [-0.39, 0.29) is 6.04 Å². The summed E-state index contributed by atoms with van der Waals surface area (Å²) in [4.78, 5) is 0. The molecule has 19 heavy (non-hydrogen) atoms. The van der Waals surface area contributed by atoms with Crippen molar-refractivity contribution in [2.75, 3.05) is 0 Å². The molecule has 3 N–H and O–H groups in total. The number of aliphatic hydroxyl groups excluding tert-OH is 1. The van der Waals surface area contributed by atoms with E-state index in [4.69, 9.17) is 5.73 Å². The number of hydrogen-bond acceptors (Lipinski definition) is 2. The van der Waals surface area contributed by atoms with E-state index in [2.05, 4.69) is 6.07 Å². The van der Waals surface area contributed by atoms with Crippen LogP contribution >= 0.6 is 0 Å². The van der Waals surface area contributed by atoms with Gasteiger partial charge in [-0.25, -0.2) is 0 Å². The topological polar surface area (TPSA) is 46.2 Å². The lowest BCUT2D eigenvalue weighted by Gasteiger charge is -2.20. The summed E-state index contributed by atoms with van der Waals surface area (Å²) in [6, 6.07) is 15.8. The van der Waals surface area contributed by atoms with Crippen molar-refractivity contribution in [3.8, 4) is 0 Å². The van der Waals surface area contributed by atoms with Crippen LogP contribution in [0.4, 0.5) is 0 Å². The maximum Gasteiger partial charge on any atom is 0.0773 e. The van der Waals surface area contributed by atoms with Crippen LogP contribution in [0.5, 0.6) is 0 Å². The van der Waals surface area contributed by atoms with Gasteiger partial charge in [0.05, 0.1) is 12.1 Å². The van der Waals surface area contributed by atoms with Crippen molar-refractivity contribution in [2.24, 2.45) is 5.73 Å². The van der Waals surface area contributed by atoms with E-state index in [1.807, 2.05) is 56.3 Å². The first-order valence-corrected chi connectivity index (χ1v) is 6.62. The van der Waals surface area contributed by atoms with E-state index in [1.54, 1.807) is 0 Å². The molecule has 2 aromatic rings. The van der Waals surface area contributed by atoms with Crippen molar-refractivity contribution in [1.82, 2.24) is 0 Å². The van der Waals surface area contributed by atoms with Gasteiger partial charge in [-0.3, -0.25) is 0 Å². The Labute approximate surface area is 114 Å². The Hall–Kier alpha value is -1.64. The molecule has 2 atom stereocenters. The molecule has 0 radical (unpaired) electrons. The second kappa shape index (κ2) is 6.00. The molecule has 100 valence electrons. The molecule has 2 heteroatoms. The quantitative estimate of drug-likeness (QED) is 0.882. The Bertz CT molecular complexity index is 516. The fraction of sp³-hybridized carbons (Fsp3) is 0.294. The number of aryl methyl sites for hydroxylation is 2. The zero-order valence-electron chi connectivity index (χ0n) is 11.5. The fourth-order valence-electron chi connectivity index (χ4n) is 2.41. The standard InChI is InChI=1S/C17H21NO/c1-12-8-13(2)10-15(9-12)17(18)16(19)11-14-6-4-3-5-7-14/h3-10,16-17,19H,11,18H2,1-2H3/t16-,17+/m0/s1. The number of hydrogen-bond donors (Lipinski definition) is 2. The van der Waals surface area contributed by atoms with Crippen LogP contribution < -0.4 is 5.73 Å². The van der Waals surface area contributed by atoms with Crippen LogP contribution in [-0.2, 0) is 6.42 Å². The first-order valence-electron chi connectivity index (χ1n) is 6.62. The Balaban J connectivity index is 2.12. The molecule has 0 heterocycles. The second-order valence-electron chi connectivity index (χ2n) is 5.20. The van der Waals surface area contributed by atoms with Crippen LogP contribution in [0.1, 0.15) is 28.3 Å². The SMILES string of the molecule is Cc1cc(C)cc([C@@H](N)[C@@H](O)Cc2ccccc2)c1. The molecule has 0 saturated carbocycles. The van der Waals surface area contributed by atoms with Crippen molar-refractivity contribution in [1.29, 1.82) is 0 Å². The Morgan fingerprint density at radius 2 is 1.58 bits per heavy atom. The monoisotopic (exact) mass is 255 g/mol. The zero-order chi connectivity index (χ0) is 13.8. The van der Waals surface area contributed by atoms with E-state index < -0.39 is 6.10 Å². The predicted molar refractivity (Wildman–Crippen MR) is 79.0 cm³/mol. The van der Waals surface area contributed by atoms with E-state index in [0.29, 0.717) is 6.42 Å². The summed E-state index contributed by atoms with van der Waals surface area (Å²) in [5.41, 5.74) is 10.6. The highest BCUT2D eigenvalue weighted by atomic mass is 16.3. The Kier molecular flexibility index (Phi) is 4.35. The van der Waals surface area contributed by atoms with E-state index >= 15 is 0 Å². The smallest absolute Gasteiger partial charge is 0.0773 e. The maximum absolute atomic E-state index is 10.3. The van der Waals surface area contributed by atoms with Crippen molar-refractivity contribution >= 4 is 0 Å². The molecule has 0 bridgehead atoms. The average molecular weight is 255 g/mol. The molecule has 0 unspecified atom stereocenters. The van der Waals surface area contributed by atoms with Crippen LogP contribution in [0, 0.1) is 13.8 Å². The van der Waals surface area contributed by atoms with Gasteiger partial charge in [-0.05, 0) is 25.0 Å². The van der Waals surface area contributed by atoms with Gasteiger partial charge in [0.15, 0.2) is 0 Å². The Morgan fingerprint density at radius 1 is 1.00 bits per heavy atom. The largest absolute Gasteiger partial charge is 0.391 e. The van der Waals surface area contributed by atoms with Crippen LogP contribution in [0.25, 0.3) is 0 Å². The summed E-state index contributed by atoms with van der Waals surface area (Å²) in [7, 11) is 0. The van der Waals surface area contributed by atoms with Gasteiger partial charge in [-0.1, -0.05) is 59.7 Å². The normalized spacial score (nSPS) is 14.1. The van der Waals surface area contributed by atoms with Crippen LogP contribution in [-0.4, -0.2) is 11.2 Å². The average Bonchev–Trinajstić information content (AvgIpc) is 2.37. The number of nitrogens with two attached hydrogens (primary N) is 1. The predicted octanol–water partition coefficient (Wildman–Crippen LogP) is 2.91. The summed E-state index contributed by atoms with van der Waals surface area (Å²) in [5, 5.41) is 10.3. The van der Waals surface area contributed by atoms with Crippen LogP contribution in [0.3, 0.4) is 0 Å². The third-order valence-electron chi connectivity index (χ3n) is 3.33. The third-order valence-corrected chi connectivity index (χ3v) is 3.33. The molecular formula is C17H21NO. The van der Waals surface area contributed by atoms with Crippen molar-refractivity contribution in [3.63, 3.8) is 0 Å². The zero-order valence-corrected chi connectivity index (χ0v) is 11.5. The van der Waals surface area contributed by atoms with Gasteiger partial charge >= 0.3 is 0 Å². The first-order chi connectivity index (χ1) is 9.06. The summed E-state index contributed by atoms with van der Waals surface area (Å²) < 4.78 is 0. The van der Waals surface area contributed by atoms with E-state index in [0.717, 1.165) is 11.1 Å². The number of rotatable bonds is 4. The molecular weight excluding hydrogens is 234 g/mol. The first kappa shape index (κ1) is 13.8. The lowest BCUT2D eigenvalue weighted by atomic mass is 9.94. The van der Waals surface area contributed by atoms with Gasteiger partial charge < -0.3 is 10.8 Å². The van der Waals surface area contributed by atoms with Crippen molar-refractivity contribution < 1.29 is 5.11 Å². The fourth-order valence-corrected chi connectivity index (χ4v) is 2.41. The molecule has 2 aromatic carbocycles.